The number of hydrogen-bond acceptors (Lipinski definition) is 1. The van der Waals surface area contributed by atoms with Crippen molar-refractivity contribution < 1.29 is 9.90 Å². The maximum atomic E-state index is 10.9. The number of carbonyl (C=O) groups is 1. The molecule has 4 heteroatoms. The first-order valence-electron chi connectivity index (χ1n) is 4.47. The third-order valence-corrected chi connectivity index (χ3v) is 2.78. The molecule has 0 atom stereocenters. The topological polar surface area (TPSA) is 37.3 Å². The summed E-state index contributed by atoms with van der Waals surface area (Å²) in [6.45, 7) is 5.81. The van der Waals surface area contributed by atoms with E-state index in [-0.39, 0.29) is 16.0 Å². The Labute approximate surface area is 98.8 Å². The van der Waals surface area contributed by atoms with Crippen molar-refractivity contribution in [3.8, 4) is 0 Å². The van der Waals surface area contributed by atoms with Crippen molar-refractivity contribution in [2.24, 2.45) is 0 Å². The van der Waals surface area contributed by atoms with Gasteiger partial charge in [-0.25, -0.2) is 4.79 Å². The molecular weight excluding hydrogens is 235 g/mol. The highest BCUT2D eigenvalue weighted by molar-refractivity contribution is 6.38. The number of benzene rings is 1. The van der Waals surface area contributed by atoms with Crippen LogP contribution in [-0.2, 0) is 5.41 Å². The minimum Gasteiger partial charge on any atom is -0.478 e. The van der Waals surface area contributed by atoms with Crippen LogP contribution in [0.25, 0.3) is 0 Å². The molecule has 2 nitrogen and oxygen atoms in total. The lowest BCUT2D eigenvalue weighted by Gasteiger charge is -2.22. The molecule has 1 rings (SSSR count). The molecule has 15 heavy (non-hydrogen) atoms. The standard InChI is InChI=1S/C11H12Cl2O2/c1-11(2,3)8-7(12)5-4-6(9(8)13)10(14)15/h4-5H,1-3H3,(H,14,15). The molecular formula is C11H12Cl2O2. The molecule has 0 aliphatic carbocycles. The van der Waals surface area contributed by atoms with E-state index >= 15 is 0 Å². The smallest absolute Gasteiger partial charge is 0.337 e. The maximum absolute atomic E-state index is 10.9. The summed E-state index contributed by atoms with van der Waals surface area (Å²) in [5.74, 6) is -1.04. The van der Waals surface area contributed by atoms with Gasteiger partial charge in [-0.1, -0.05) is 44.0 Å². The van der Waals surface area contributed by atoms with E-state index < -0.39 is 5.97 Å². The van der Waals surface area contributed by atoms with E-state index in [1.807, 2.05) is 20.8 Å². The fourth-order valence-corrected chi connectivity index (χ4v) is 2.42. The predicted octanol–water partition coefficient (Wildman–Crippen LogP) is 3.99. The average molecular weight is 247 g/mol. The fourth-order valence-electron chi connectivity index (χ4n) is 1.41. The molecule has 0 aliphatic heterocycles. The van der Waals surface area contributed by atoms with Crippen molar-refractivity contribution in [2.75, 3.05) is 0 Å². The molecule has 0 radical (unpaired) electrons. The molecule has 0 bridgehead atoms. The summed E-state index contributed by atoms with van der Waals surface area (Å²) in [5, 5.41) is 9.64. The molecule has 0 fully saturated rings. The molecule has 0 spiro atoms. The van der Waals surface area contributed by atoms with Crippen molar-refractivity contribution in [1.29, 1.82) is 0 Å². The van der Waals surface area contributed by atoms with Crippen LogP contribution in [0.15, 0.2) is 12.1 Å². The van der Waals surface area contributed by atoms with Gasteiger partial charge in [-0.05, 0) is 23.1 Å². The zero-order valence-corrected chi connectivity index (χ0v) is 10.3. The van der Waals surface area contributed by atoms with Crippen LogP contribution in [-0.4, -0.2) is 11.1 Å². The second-order valence-electron chi connectivity index (χ2n) is 4.34. The van der Waals surface area contributed by atoms with Crippen molar-refractivity contribution in [3.63, 3.8) is 0 Å². The molecule has 0 aliphatic rings. The van der Waals surface area contributed by atoms with Crippen molar-refractivity contribution in [2.45, 2.75) is 26.2 Å². The van der Waals surface area contributed by atoms with Gasteiger partial charge in [0.15, 0.2) is 0 Å². The monoisotopic (exact) mass is 246 g/mol. The maximum Gasteiger partial charge on any atom is 0.337 e. The summed E-state index contributed by atoms with van der Waals surface area (Å²) in [4.78, 5) is 10.9. The SMILES string of the molecule is CC(C)(C)c1c(Cl)ccc(C(=O)O)c1Cl. The van der Waals surface area contributed by atoms with Gasteiger partial charge in [0.05, 0.1) is 10.6 Å². The quantitative estimate of drug-likeness (QED) is 0.814. The molecule has 1 aromatic rings. The summed E-state index contributed by atoms with van der Waals surface area (Å²) >= 11 is 12.0. The molecule has 82 valence electrons. The van der Waals surface area contributed by atoms with Gasteiger partial charge in [0.2, 0.25) is 0 Å². The van der Waals surface area contributed by atoms with Crippen molar-refractivity contribution in [3.05, 3.63) is 33.3 Å². The Balaban J connectivity index is 3.51. The number of carboxylic acids is 1. The van der Waals surface area contributed by atoms with Crippen LogP contribution in [0.5, 0.6) is 0 Å². The van der Waals surface area contributed by atoms with Crippen LogP contribution in [0.1, 0.15) is 36.7 Å². The molecule has 0 amide bonds. The van der Waals surface area contributed by atoms with Gasteiger partial charge in [-0.15, -0.1) is 0 Å². The highest BCUT2D eigenvalue weighted by Gasteiger charge is 2.24. The van der Waals surface area contributed by atoms with E-state index in [1.165, 1.54) is 6.07 Å². The number of halogens is 2. The lowest BCUT2D eigenvalue weighted by Crippen LogP contribution is -2.14. The van der Waals surface area contributed by atoms with Gasteiger partial charge < -0.3 is 5.11 Å². The molecule has 0 saturated heterocycles. The van der Waals surface area contributed by atoms with Crippen molar-refractivity contribution >= 4 is 29.2 Å². The lowest BCUT2D eigenvalue weighted by atomic mass is 9.86. The third kappa shape index (κ3) is 2.44. The summed E-state index contributed by atoms with van der Waals surface area (Å²) in [7, 11) is 0. The van der Waals surface area contributed by atoms with Gasteiger partial charge in [0.25, 0.3) is 0 Å². The van der Waals surface area contributed by atoms with E-state index in [4.69, 9.17) is 28.3 Å². The normalized spacial score (nSPS) is 11.5. The molecule has 1 aromatic carbocycles. The molecule has 0 saturated carbocycles. The second kappa shape index (κ2) is 4.03. The second-order valence-corrected chi connectivity index (χ2v) is 5.12. The largest absolute Gasteiger partial charge is 0.478 e. The van der Waals surface area contributed by atoms with E-state index in [1.54, 1.807) is 6.07 Å². The van der Waals surface area contributed by atoms with Crippen LogP contribution >= 0.6 is 23.2 Å². The summed E-state index contributed by atoms with van der Waals surface area (Å²) in [6.07, 6.45) is 0. The Morgan fingerprint density at radius 2 is 1.80 bits per heavy atom. The van der Waals surface area contributed by atoms with Crippen molar-refractivity contribution in [1.82, 2.24) is 0 Å². The summed E-state index contributed by atoms with van der Waals surface area (Å²) in [5.41, 5.74) is 0.483. The van der Waals surface area contributed by atoms with Gasteiger partial charge in [-0.2, -0.15) is 0 Å². The van der Waals surface area contributed by atoms with E-state index in [0.717, 1.165) is 0 Å². The number of aromatic carboxylic acids is 1. The zero-order chi connectivity index (χ0) is 11.8. The first kappa shape index (κ1) is 12.3. The molecule has 1 N–H and O–H groups in total. The highest BCUT2D eigenvalue weighted by Crippen LogP contribution is 2.37. The highest BCUT2D eigenvalue weighted by atomic mass is 35.5. The number of rotatable bonds is 1. The van der Waals surface area contributed by atoms with E-state index in [0.29, 0.717) is 10.6 Å². The first-order chi connectivity index (χ1) is 6.75. The first-order valence-corrected chi connectivity index (χ1v) is 5.22. The van der Waals surface area contributed by atoms with Gasteiger partial charge in [-0.3, -0.25) is 0 Å². The molecule has 0 aromatic heterocycles. The Morgan fingerprint density at radius 1 is 1.27 bits per heavy atom. The Morgan fingerprint density at radius 3 is 2.20 bits per heavy atom. The Bertz CT molecular complexity index is 406. The molecule has 0 heterocycles. The lowest BCUT2D eigenvalue weighted by molar-refractivity contribution is 0.0697. The number of hydrogen-bond donors (Lipinski definition) is 1. The van der Waals surface area contributed by atoms with Crippen LogP contribution < -0.4 is 0 Å². The van der Waals surface area contributed by atoms with E-state index in [9.17, 15) is 4.79 Å². The third-order valence-electron chi connectivity index (χ3n) is 2.07. The Kier molecular flexibility index (Phi) is 3.31. The van der Waals surface area contributed by atoms with Crippen LogP contribution in [0.4, 0.5) is 0 Å². The van der Waals surface area contributed by atoms with E-state index in [2.05, 4.69) is 0 Å². The van der Waals surface area contributed by atoms with Crippen LogP contribution in [0.2, 0.25) is 10.0 Å². The summed E-state index contributed by atoms with van der Waals surface area (Å²) < 4.78 is 0. The fraction of sp³-hybridized carbons (Fsp3) is 0.364. The van der Waals surface area contributed by atoms with Gasteiger partial charge >= 0.3 is 5.97 Å². The zero-order valence-electron chi connectivity index (χ0n) is 8.77. The van der Waals surface area contributed by atoms with Gasteiger partial charge in [0, 0.05) is 5.02 Å². The Hall–Kier alpha value is -0.730. The van der Waals surface area contributed by atoms with Gasteiger partial charge in [0.1, 0.15) is 0 Å². The minimum atomic E-state index is -1.04. The molecule has 0 unspecified atom stereocenters. The number of carboxylic acid groups (broad SMARTS) is 1. The van der Waals surface area contributed by atoms with Crippen LogP contribution in [0.3, 0.4) is 0 Å². The van der Waals surface area contributed by atoms with Crippen LogP contribution in [0, 0.1) is 0 Å². The average Bonchev–Trinajstić information content (AvgIpc) is 2.00. The predicted molar refractivity (Wildman–Crippen MR) is 62.1 cm³/mol. The minimum absolute atomic E-state index is 0.0889. The summed E-state index contributed by atoms with van der Waals surface area (Å²) in [6, 6.07) is 2.99.